The minimum absolute atomic E-state index is 0.107. The molecule has 0 aliphatic heterocycles. The molecule has 0 saturated heterocycles. The monoisotopic (exact) mass is 328 g/mol. The van der Waals surface area contributed by atoms with Crippen molar-refractivity contribution >= 4 is 11.8 Å². The van der Waals surface area contributed by atoms with Crippen LogP contribution in [0.25, 0.3) is 0 Å². The fourth-order valence-electron chi connectivity index (χ4n) is 2.28. The highest BCUT2D eigenvalue weighted by Crippen LogP contribution is 2.08. The zero-order chi connectivity index (χ0) is 17.4. The molecule has 0 saturated carbocycles. The molecule has 126 valence electrons. The molecule has 2 aromatic rings. The van der Waals surface area contributed by atoms with Crippen molar-refractivity contribution in [2.75, 3.05) is 6.54 Å². The first-order chi connectivity index (χ1) is 11.5. The number of halogens is 1. The summed E-state index contributed by atoms with van der Waals surface area (Å²) in [6.07, 6.45) is 0.230. The number of carbonyl (C=O) groups excluding carboxylic acids is 2. The second-order valence-corrected chi connectivity index (χ2v) is 5.58. The van der Waals surface area contributed by atoms with E-state index < -0.39 is 0 Å². The number of benzene rings is 2. The molecule has 0 spiro atoms. The Labute approximate surface area is 141 Å². The third-order valence-electron chi connectivity index (χ3n) is 3.67. The highest BCUT2D eigenvalue weighted by atomic mass is 19.1. The number of carbonyl (C=O) groups is 2. The van der Waals surface area contributed by atoms with Crippen molar-refractivity contribution < 1.29 is 14.0 Å². The van der Waals surface area contributed by atoms with Gasteiger partial charge in [0.15, 0.2) is 0 Å². The van der Waals surface area contributed by atoms with Gasteiger partial charge in [-0.1, -0.05) is 42.5 Å². The molecule has 0 aliphatic carbocycles. The number of nitrogens with zero attached hydrogens (tertiary/aromatic N) is 1. The normalized spacial score (nSPS) is 10.2. The number of hydrogen-bond donors (Lipinski definition) is 1. The Balaban J connectivity index is 1.81. The molecule has 0 unspecified atom stereocenters. The second kappa shape index (κ2) is 8.82. The lowest BCUT2D eigenvalue weighted by Gasteiger charge is -2.21. The number of nitrogens with one attached hydrogen (secondary N) is 1. The number of hydrogen-bond acceptors (Lipinski definition) is 2. The van der Waals surface area contributed by atoms with E-state index in [0.29, 0.717) is 19.6 Å². The molecule has 4 nitrogen and oxygen atoms in total. The molecule has 0 heterocycles. The molecular weight excluding hydrogens is 307 g/mol. The van der Waals surface area contributed by atoms with E-state index in [0.717, 1.165) is 11.1 Å². The Kier molecular flexibility index (Phi) is 6.49. The summed E-state index contributed by atoms with van der Waals surface area (Å²) in [6, 6.07) is 15.6. The average molecular weight is 328 g/mol. The predicted octanol–water partition coefficient (Wildman–Crippen LogP) is 2.88. The summed E-state index contributed by atoms with van der Waals surface area (Å²) in [6.45, 7) is 2.62. The lowest BCUT2D eigenvalue weighted by molar-refractivity contribution is -0.130. The Morgan fingerprint density at radius 2 is 1.67 bits per heavy atom. The summed E-state index contributed by atoms with van der Waals surface area (Å²) < 4.78 is 12.9. The standard InChI is InChI=1S/C19H21FN2O2/c1-15(23)22(14-17-7-9-18(20)10-8-17)12-11-19(24)21-13-16-5-3-2-4-6-16/h2-10H,11-14H2,1H3,(H,21,24). The van der Waals surface area contributed by atoms with E-state index in [1.54, 1.807) is 17.0 Å². The highest BCUT2D eigenvalue weighted by molar-refractivity contribution is 5.78. The summed E-state index contributed by atoms with van der Waals surface area (Å²) in [4.78, 5) is 25.2. The van der Waals surface area contributed by atoms with Gasteiger partial charge in [0.05, 0.1) is 0 Å². The van der Waals surface area contributed by atoms with Crippen molar-refractivity contribution in [2.24, 2.45) is 0 Å². The van der Waals surface area contributed by atoms with Crippen molar-refractivity contribution in [3.05, 3.63) is 71.5 Å². The van der Waals surface area contributed by atoms with Gasteiger partial charge in [-0.25, -0.2) is 4.39 Å². The first-order valence-corrected chi connectivity index (χ1v) is 7.85. The van der Waals surface area contributed by atoms with Gasteiger partial charge in [-0.15, -0.1) is 0 Å². The molecule has 0 aromatic heterocycles. The van der Waals surface area contributed by atoms with E-state index in [2.05, 4.69) is 5.32 Å². The molecule has 5 heteroatoms. The third-order valence-corrected chi connectivity index (χ3v) is 3.67. The van der Waals surface area contributed by atoms with Crippen molar-refractivity contribution in [1.82, 2.24) is 10.2 Å². The van der Waals surface area contributed by atoms with Crippen LogP contribution < -0.4 is 5.32 Å². The molecule has 0 bridgehead atoms. The number of rotatable bonds is 7. The van der Waals surface area contributed by atoms with Gasteiger partial charge in [0.2, 0.25) is 11.8 Å². The topological polar surface area (TPSA) is 49.4 Å². The fourth-order valence-corrected chi connectivity index (χ4v) is 2.28. The minimum atomic E-state index is -0.312. The second-order valence-electron chi connectivity index (χ2n) is 5.58. The van der Waals surface area contributed by atoms with Crippen LogP contribution in [-0.4, -0.2) is 23.3 Å². The Bertz CT molecular complexity index is 672. The van der Waals surface area contributed by atoms with Gasteiger partial charge in [0.25, 0.3) is 0 Å². The molecule has 0 fully saturated rings. The smallest absolute Gasteiger partial charge is 0.222 e. The first-order valence-electron chi connectivity index (χ1n) is 7.85. The van der Waals surface area contributed by atoms with Crippen LogP contribution in [0, 0.1) is 5.82 Å². The Morgan fingerprint density at radius 1 is 1.00 bits per heavy atom. The van der Waals surface area contributed by atoms with E-state index in [4.69, 9.17) is 0 Å². The Hall–Kier alpha value is -2.69. The summed E-state index contributed by atoms with van der Waals surface area (Å²) in [7, 11) is 0. The van der Waals surface area contributed by atoms with E-state index in [-0.39, 0.29) is 24.1 Å². The largest absolute Gasteiger partial charge is 0.352 e. The summed E-state index contributed by atoms with van der Waals surface area (Å²) in [5.41, 5.74) is 1.86. The van der Waals surface area contributed by atoms with E-state index in [9.17, 15) is 14.0 Å². The molecular formula is C19H21FN2O2. The summed E-state index contributed by atoms with van der Waals surface area (Å²) in [5, 5.41) is 2.84. The average Bonchev–Trinajstić information content (AvgIpc) is 2.59. The highest BCUT2D eigenvalue weighted by Gasteiger charge is 2.12. The van der Waals surface area contributed by atoms with Crippen LogP contribution in [0.1, 0.15) is 24.5 Å². The zero-order valence-electron chi connectivity index (χ0n) is 13.7. The first kappa shape index (κ1) is 17.7. The maximum atomic E-state index is 12.9. The quantitative estimate of drug-likeness (QED) is 0.850. The maximum absolute atomic E-state index is 12.9. The maximum Gasteiger partial charge on any atom is 0.222 e. The predicted molar refractivity (Wildman–Crippen MR) is 90.4 cm³/mol. The van der Waals surface area contributed by atoms with E-state index >= 15 is 0 Å². The van der Waals surface area contributed by atoms with Crippen molar-refractivity contribution in [2.45, 2.75) is 26.4 Å². The van der Waals surface area contributed by atoms with Crippen molar-refractivity contribution in [3.63, 3.8) is 0 Å². The van der Waals surface area contributed by atoms with Gasteiger partial charge in [0, 0.05) is 33.0 Å². The van der Waals surface area contributed by atoms with Crippen LogP contribution in [-0.2, 0) is 22.7 Å². The molecule has 0 radical (unpaired) electrons. The summed E-state index contributed by atoms with van der Waals surface area (Å²) >= 11 is 0. The SMILES string of the molecule is CC(=O)N(CCC(=O)NCc1ccccc1)Cc1ccc(F)cc1. The zero-order valence-corrected chi connectivity index (χ0v) is 13.7. The molecule has 1 N–H and O–H groups in total. The van der Waals surface area contributed by atoms with Crippen LogP contribution in [0.5, 0.6) is 0 Å². The molecule has 0 aliphatic rings. The fraction of sp³-hybridized carbons (Fsp3) is 0.263. The van der Waals surface area contributed by atoms with Crippen LogP contribution in [0.4, 0.5) is 4.39 Å². The van der Waals surface area contributed by atoms with Gasteiger partial charge >= 0.3 is 0 Å². The van der Waals surface area contributed by atoms with Gasteiger partial charge in [-0.05, 0) is 23.3 Å². The van der Waals surface area contributed by atoms with Gasteiger partial charge < -0.3 is 10.2 Å². The van der Waals surface area contributed by atoms with Crippen LogP contribution in [0.15, 0.2) is 54.6 Å². The Morgan fingerprint density at radius 3 is 2.29 bits per heavy atom. The molecule has 2 aromatic carbocycles. The van der Waals surface area contributed by atoms with Gasteiger partial charge in [-0.3, -0.25) is 9.59 Å². The third kappa shape index (κ3) is 5.83. The van der Waals surface area contributed by atoms with Crippen LogP contribution in [0.2, 0.25) is 0 Å². The summed E-state index contributed by atoms with van der Waals surface area (Å²) in [5.74, 6) is -0.534. The van der Waals surface area contributed by atoms with Crippen molar-refractivity contribution in [3.8, 4) is 0 Å². The molecule has 24 heavy (non-hydrogen) atoms. The lowest BCUT2D eigenvalue weighted by atomic mass is 10.2. The lowest BCUT2D eigenvalue weighted by Crippen LogP contribution is -2.33. The number of amides is 2. The van der Waals surface area contributed by atoms with Crippen LogP contribution in [0.3, 0.4) is 0 Å². The van der Waals surface area contributed by atoms with Crippen molar-refractivity contribution in [1.29, 1.82) is 0 Å². The molecule has 2 rings (SSSR count). The van der Waals surface area contributed by atoms with E-state index in [1.165, 1.54) is 19.1 Å². The van der Waals surface area contributed by atoms with Crippen LogP contribution >= 0.6 is 0 Å². The van der Waals surface area contributed by atoms with Gasteiger partial charge in [-0.2, -0.15) is 0 Å². The molecule has 0 atom stereocenters. The van der Waals surface area contributed by atoms with Gasteiger partial charge in [0.1, 0.15) is 5.82 Å². The van der Waals surface area contributed by atoms with E-state index in [1.807, 2.05) is 30.3 Å². The molecule has 2 amide bonds. The minimum Gasteiger partial charge on any atom is -0.352 e.